The summed E-state index contributed by atoms with van der Waals surface area (Å²) in [5.74, 6) is 1.84. The summed E-state index contributed by atoms with van der Waals surface area (Å²) < 4.78 is 47.5. The van der Waals surface area contributed by atoms with Gasteiger partial charge in [-0.2, -0.15) is 0 Å². The minimum absolute atomic E-state index is 0.372. The second-order valence-electron chi connectivity index (χ2n) is 5.38. The second kappa shape index (κ2) is 6.02. The highest BCUT2D eigenvalue weighted by molar-refractivity contribution is 5.99. The Morgan fingerprint density at radius 3 is 2.32 bits per heavy atom. The van der Waals surface area contributed by atoms with E-state index in [-0.39, 0.29) is 0 Å². The van der Waals surface area contributed by atoms with E-state index >= 15 is 0 Å². The molecule has 0 saturated carbocycles. The van der Waals surface area contributed by atoms with Crippen molar-refractivity contribution in [1.82, 2.24) is 0 Å². The molecule has 0 spiro atoms. The summed E-state index contributed by atoms with van der Waals surface area (Å²) in [5, 5.41) is 0. The van der Waals surface area contributed by atoms with Crippen LogP contribution in [0.15, 0.2) is 12.1 Å². The van der Waals surface area contributed by atoms with E-state index in [1.807, 2.05) is 0 Å². The summed E-state index contributed by atoms with van der Waals surface area (Å²) in [6.45, 7) is 2.77. The second-order valence-corrected chi connectivity index (χ2v) is 6.14. The molecule has 0 aliphatic carbocycles. The largest absolute Gasteiger partial charge is 0.454 e. The molecule has 0 N–H and O–H groups in total. The van der Waals surface area contributed by atoms with Crippen molar-refractivity contribution < 1.29 is 42.9 Å². The van der Waals surface area contributed by atoms with Crippen molar-refractivity contribution in [1.29, 1.82) is 0 Å². The molecular formula is C14H16ClNO6. The van der Waals surface area contributed by atoms with Gasteiger partial charge in [-0.3, -0.25) is 0 Å². The highest BCUT2D eigenvalue weighted by Gasteiger charge is 2.30. The quantitative estimate of drug-likeness (QED) is 0.475. The van der Waals surface area contributed by atoms with E-state index in [4.69, 9.17) is 28.1 Å². The average molecular weight is 330 g/mol. The lowest BCUT2D eigenvalue weighted by Gasteiger charge is -2.22. The molecule has 3 aliphatic heterocycles. The molecule has 4 rings (SSSR count). The number of ether oxygens (including phenoxy) is 2. The van der Waals surface area contributed by atoms with Gasteiger partial charge >= 0.3 is 0 Å². The lowest BCUT2D eigenvalue weighted by molar-refractivity contribution is -2.00. The first-order chi connectivity index (χ1) is 10.4. The summed E-state index contributed by atoms with van der Waals surface area (Å²) >= 11 is 0. The van der Waals surface area contributed by atoms with Crippen molar-refractivity contribution in [2.24, 2.45) is 0 Å². The zero-order chi connectivity index (χ0) is 15.7. The van der Waals surface area contributed by atoms with Crippen LogP contribution in [0.4, 0.5) is 0 Å². The first-order valence-electron chi connectivity index (χ1n) is 7.07. The molecule has 22 heavy (non-hydrogen) atoms. The fourth-order valence-corrected chi connectivity index (χ4v) is 3.15. The average Bonchev–Trinajstić information content (AvgIpc) is 2.90. The molecule has 3 heterocycles. The summed E-state index contributed by atoms with van der Waals surface area (Å²) in [6.07, 6.45) is 5.01. The van der Waals surface area contributed by atoms with Gasteiger partial charge in [0.25, 0.3) is 0 Å². The molecule has 120 valence electrons. The molecule has 0 amide bonds. The SMILES string of the molecule is [O-][Cl+3]([O-])([O-])[O-].c1c2c(cc3c1OCO3)C1=[N+](CCCC1)CC2. The topological polar surface area (TPSA) is 114 Å². The molecule has 0 unspecified atom stereocenters. The molecule has 0 atom stereocenters. The minimum atomic E-state index is -4.94. The number of halogens is 1. The smallest absolute Gasteiger partial charge is 0.231 e. The Balaban J connectivity index is 0.000000254. The first-order valence-corrected chi connectivity index (χ1v) is 8.31. The van der Waals surface area contributed by atoms with Crippen LogP contribution >= 0.6 is 0 Å². The van der Waals surface area contributed by atoms with E-state index < -0.39 is 10.2 Å². The fourth-order valence-electron chi connectivity index (χ4n) is 3.15. The highest BCUT2D eigenvalue weighted by Crippen LogP contribution is 2.37. The number of hydrogen-bond acceptors (Lipinski definition) is 6. The van der Waals surface area contributed by atoms with Crippen LogP contribution in [0.2, 0.25) is 0 Å². The van der Waals surface area contributed by atoms with Gasteiger partial charge in [0.15, 0.2) is 17.2 Å². The fraction of sp³-hybridized carbons (Fsp3) is 0.500. The van der Waals surface area contributed by atoms with Crippen molar-refractivity contribution in [3.63, 3.8) is 0 Å². The van der Waals surface area contributed by atoms with Gasteiger partial charge in [-0.25, -0.2) is 23.2 Å². The van der Waals surface area contributed by atoms with Crippen LogP contribution in [-0.4, -0.2) is 30.2 Å². The Morgan fingerprint density at radius 2 is 1.59 bits per heavy atom. The van der Waals surface area contributed by atoms with Crippen LogP contribution in [0.3, 0.4) is 0 Å². The van der Waals surface area contributed by atoms with Gasteiger partial charge in [0.05, 0.1) is 0 Å². The summed E-state index contributed by atoms with van der Waals surface area (Å²) in [7, 11) is -4.94. The van der Waals surface area contributed by atoms with E-state index in [0.717, 1.165) is 17.9 Å². The zero-order valence-electron chi connectivity index (χ0n) is 11.9. The Kier molecular flexibility index (Phi) is 4.24. The summed E-state index contributed by atoms with van der Waals surface area (Å²) in [5.41, 5.74) is 4.36. The van der Waals surface area contributed by atoms with Crippen molar-refractivity contribution in [2.45, 2.75) is 25.7 Å². The number of fused-ring (bicyclic) bond motifs is 3. The molecule has 0 aromatic heterocycles. The number of rotatable bonds is 0. The first kappa shape index (κ1) is 15.5. The van der Waals surface area contributed by atoms with Gasteiger partial charge < -0.3 is 9.47 Å². The van der Waals surface area contributed by atoms with Gasteiger partial charge in [0.1, 0.15) is 13.1 Å². The van der Waals surface area contributed by atoms with Crippen LogP contribution in [-0.2, 0) is 6.42 Å². The van der Waals surface area contributed by atoms with Crippen LogP contribution < -0.4 is 28.1 Å². The molecule has 0 saturated heterocycles. The Bertz CT molecular complexity index is 604. The van der Waals surface area contributed by atoms with Crippen molar-refractivity contribution >= 4 is 5.71 Å². The van der Waals surface area contributed by atoms with Gasteiger partial charge in [0.2, 0.25) is 6.79 Å². The van der Waals surface area contributed by atoms with Gasteiger partial charge in [-0.05, 0) is 24.1 Å². The van der Waals surface area contributed by atoms with Crippen molar-refractivity contribution in [2.75, 3.05) is 19.9 Å². The third-order valence-corrected chi connectivity index (χ3v) is 4.03. The Labute approximate surface area is 129 Å². The molecule has 0 radical (unpaired) electrons. The van der Waals surface area contributed by atoms with Gasteiger partial charge in [-0.15, -0.1) is 10.2 Å². The highest BCUT2D eigenvalue weighted by atomic mass is 35.7. The Morgan fingerprint density at radius 1 is 0.909 bits per heavy atom. The third-order valence-electron chi connectivity index (χ3n) is 4.03. The predicted octanol–water partition coefficient (Wildman–Crippen LogP) is -2.80. The van der Waals surface area contributed by atoms with Crippen molar-refractivity contribution in [3.8, 4) is 11.5 Å². The normalized spacial score (nSPS) is 19.1. The third kappa shape index (κ3) is 3.50. The van der Waals surface area contributed by atoms with E-state index in [9.17, 15) is 0 Å². The maximum Gasteiger partial charge on any atom is 0.231 e. The molecule has 0 fully saturated rings. The van der Waals surface area contributed by atoms with Crippen LogP contribution in [0.5, 0.6) is 11.5 Å². The van der Waals surface area contributed by atoms with E-state index in [2.05, 4.69) is 16.7 Å². The standard InChI is InChI=1S/C14H16NO2.ClHO4/c1-2-5-15-6-4-10-7-13-14(17-9-16-13)8-11(10)12(15)3-1;2-1(3,4)5/h7-8H,1-6,9H2;(H,2,3,4,5)/q+1;/p-1. The maximum absolute atomic E-state index is 8.49. The number of hydrogen-bond donors (Lipinski definition) is 0. The molecule has 8 heteroatoms. The van der Waals surface area contributed by atoms with Gasteiger partial charge in [-0.1, -0.05) is 0 Å². The molecular weight excluding hydrogens is 314 g/mol. The molecule has 7 nitrogen and oxygen atoms in total. The molecule has 0 bridgehead atoms. The molecule has 3 aliphatic rings. The van der Waals surface area contributed by atoms with Gasteiger partial charge in [0, 0.05) is 24.8 Å². The maximum atomic E-state index is 8.49. The van der Waals surface area contributed by atoms with E-state index in [1.54, 1.807) is 0 Å². The van der Waals surface area contributed by atoms with E-state index in [0.29, 0.717) is 6.79 Å². The zero-order valence-corrected chi connectivity index (χ0v) is 12.6. The monoisotopic (exact) mass is 329 g/mol. The summed E-state index contributed by atoms with van der Waals surface area (Å²) in [6, 6.07) is 4.36. The Hall–Kier alpha value is -1.38. The van der Waals surface area contributed by atoms with Crippen LogP contribution in [0.25, 0.3) is 0 Å². The summed E-state index contributed by atoms with van der Waals surface area (Å²) in [4.78, 5) is 0. The molecule has 1 aromatic rings. The van der Waals surface area contributed by atoms with Crippen molar-refractivity contribution in [3.05, 3.63) is 23.3 Å². The van der Waals surface area contributed by atoms with E-state index in [1.165, 1.54) is 49.2 Å². The van der Waals surface area contributed by atoms with Crippen LogP contribution in [0.1, 0.15) is 30.4 Å². The number of benzene rings is 1. The molecule has 1 aromatic carbocycles. The predicted molar refractivity (Wildman–Crippen MR) is 64.2 cm³/mol. The lowest BCUT2D eigenvalue weighted by Crippen LogP contribution is -2.68. The van der Waals surface area contributed by atoms with Crippen LogP contribution in [0, 0.1) is 10.2 Å². The number of nitrogens with zero attached hydrogens (tertiary/aromatic N) is 1. The lowest BCUT2D eigenvalue weighted by atomic mass is 9.91. The minimum Gasteiger partial charge on any atom is -0.454 e.